The van der Waals surface area contributed by atoms with Crippen LogP contribution >= 0.6 is 0 Å². The Bertz CT molecular complexity index is 363. The molecule has 0 aliphatic carbocycles. The van der Waals surface area contributed by atoms with Crippen LogP contribution in [0.25, 0.3) is 0 Å². The number of aromatic carboxylic acids is 1. The van der Waals surface area contributed by atoms with Crippen molar-refractivity contribution in [1.82, 2.24) is 4.98 Å². The van der Waals surface area contributed by atoms with Crippen molar-refractivity contribution in [3.63, 3.8) is 0 Å². The van der Waals surface area contributed by atoms with Crippen LogP contribution in [0.3, 0.4) is 0 Å². The molecule has 0 aliphatic rings. The Labute approximate surface area is 78.8 Å². The van der Waals surface area contributed by atoms with Crippen LogP contribution in [0.4, 0.5) is 0 Å². The van der Waals surface area contributed by atoms with Crippen molar-refractivity contribution < 1.29 is 24.5 Å². The topological polar surface area (TPSA) is 96.7 Å². The first kappa shape index (κ1) is 10.1. The molecule has 1 rings (SSSR count). The average molecular weight is 197 g/mol. The maximum atomic E-state index is 10.7. The van der Waals surface area contributed by atoms with E-state index < -0.39 is 18.5 Å². The second-order valence-corrected chi connectivity index (χ2v) is 2.29. The lowest BCUT2D eigenvalue weighted by atomic mass is 10.3. The second-order valence-electron chi connectivity index (χ2n) is 2.29. The zero-order valence-electron chi connectivity index (χ0n) is 7.01. The summed E-state index contributed by atoms with van der Waals surface area (Å²) in [5.74, 6) is -2.52. The van der Waals surface area contributed by atoms with Crippen molar-refractivity contribution in [2.45, 2.75) is 0 Å². The van der Waals surface area contributed by atoms with Crippen molar-refractivity contribution in [2.24, 2.45) is 0 Å². The van der Waals surface area contributed by atoms with Crippen LogP contribution < -0.4 is 4.74 Å². The summed E-state index contributed by atoms with van der Waals surface area (Å²) in [6.07, 6.45) is 1.28. The number of rotatable bonds is 3. The number of carboxylic acids is 1. The summed E-state index contributed by atoms with van der Waals surface area (Å²) in [4.78, 5) is 24.8. The molecule has 0 bridgehead atoms. The molecule has 74 valence electrons. The number of nitrogens with zero attached hydrogens (tertiary/aromatic N) is 1. The van der Waals surface area contributed by atoms with Crippen molar-refractivity contribution in [3.8, 4) is 5.88 Å². The molecule has 0 atom stereocenters. The lowest BCUT2D eigenvalue weighted by Gasteiger charge is -2.03. The van der Waals surface area contributed by atoms with E-state index in [1.807, 2.05) is 0 Å². The van der Waals surface area contributed by atoms with Crippen molar-refractivity contribution in [2.75, 3.05) is 6.61 Å². The SMILES string of the molecule is O=C(CO)Oc1ncccc1C(=O)O. The fourth-order valence-corrected chi connectivity index (χ4v) is 0.775. The van der Waals surface area contributed by atoms with Gasteiger partial charge in [0.2, 0.25) is 5.88 Å². The van der Waals surface area contributed by atoms with Gasteiger partial charge in [0.15, 0.2) is 0 Å². The highest BCUT2D eigenvalue weighted by atomic mass is 16.6. The quantitative estimate of drug-likeness (QED) is 0.644. The molecule has 0 radical (unpaired) electrons. The summed E-state index contributed by atoms with van der Waals surface area (Å²) in [5.41, 5.74) is -0.227. The molecule has 0 saturated carbocycles. The Morgan fingerprint density at radius 3 is 2.79 bits per heavy atom. The van der Waals surface area contributed by atoms with Crippen molar-refractivity contribution >= 4 is 11.9 Å². The number of ether oxygens (including phenoxy) is 1. The molecule has 0 amide bonds. The molecule has 0 fully saturated rings. The normalized spacial score (nSPS) is 9.50. The molecule has 0 aliphatic heterocycles. The Hall–Kier alpha value is -1.95. The van der Waals surface area contributed by atoms with Crippen LogP contribution in [0.5, 0.6) is 5.88 Å². The summed E-state index contributed by atoms with van der Waals surface area (Å²) < 4.78 is 4.48. The van der Waals surface area contributed by atoms with Gasteiger partial charge in [-0.2, -0.15) is 0 Å². The van der Waals surface area contributed by atoms with E-state index in [0.29, 0.717) is 0 Å². The van der Waals surface area contributed by atoms with Gasteiger partial charge in [0, 0.05) is 6.20 Å². The van der Waals surface area contributed by atoms with E-state index in [9.17, 15) is 9.59 Å². The zero-order chi connectivity index (χ0) is 10.6. The minimum Gasteiger partial charge on any atom is -0.477 e. The Morgan fingerprint density at radius 2 is 2.21 bits per heavy atom. The number of hydrogen-bond donors (Lipinski definition) is 2. The number of carbonyl (C=O) groups is 2. The van der Waals surface area contributed by atoms with Crippen LogP contribution in [-0.4, -0.2) is 33.7 Å². The Kier molecular flexibility index (Phi) is 3.14. The maximum Gasteiger partial charge on any atom is 0.341 e. The minimum absolute atomic E-state index is 0.227. The van der Waals surface area contributed by atoms with E-state index in [1.165, 1.54) is 18.3 Å². The molecule has 0 unspecified atom stereocenters. The fourth-order valence-electron chi connectivity index (χ4n) is 0.775. The molecule has 14 heavy (non-hydrogen) atoms. The summed E-state index contributed by atoms with van der Waals surface area (Å²) >= 11 is 0. The van der Waals surface area contributed by atoms with Crippen LogP contribution in [0, 0.1) is 0 Å². The third kappa shape index (κ3) is 2.27. The number of aliphatic hydroxyl groups is 1. The van der Waals surface area contributed by atoms with Crippen molar-refractivity contribution in [1.29, 1.82) is 0 Å². The smallest absolute Gasteiger partial charge is 0.341 e. The molecular formula is C8H7NO5. The Balaban J connectivity index is 2.95. The average Bonchev–Trinajstić information content (AvgIpc) is 2.18. The van der Waals surface area contributed by atoms with Gasteiger partial charge in [0.05, 0.1) is 0 Å². The molecule has 1 aromatic heterocycles. The maximum absolute atomic E-state index is 10.7. The highest BCUT2D eigenvalue weighted by molar-refractivity contribution is 5.91. The van der Waals surface area contributed by atoms with E-state index >= 15 is 0 Å². The first-order valence-corrected chi connectivity index (χ1v) is 3.65. The van der Waals surface area contributed by atoms with Gasteiger partial charge < -0.3 is 14.9 Å². The van der Waals surface area contributed by atoms with E-state index in [0.717, 1.165) is 0 Å². The summed E-state index contributed by atoms with van der Waals surface area (Å²) in [6, 6.07) is 2.65. The third-order valence-electron chi connectivity index (χ3n) is 1.34. The van der Waals surface area contributed by atoms with Crippen LogP contribution in [0.1, 0.15) is 10.4 Å². The fraction of sp³-hybridized carbons (Fsp3) is 0.125. The van der Waals surface area contributed by atoms with Gasteiger partial charge in [-0.1, -0.05) is 0 Å². The third-order valence-corrected chi connectivity index (χ3v) is 1.34. The van der Waals surface area contributed by atoms with Gasteiger partial charge in [-0.25, -0.2) is 14.6 Å². The highest BCUT2D eigenvalue weighted by Gasteiger charge is 2.14. The van der Waals surface area contributed by atoms with Gasteiger partial charge in [0.1, 0.15) is 12.2 Å². The number of carboxylic acid groups (broad SMARTS) is 1. The molecule has 6 nitrogen and oxygen atoms in total. The van der Waals surface area contributed by atoms with E-state index in [1.54, 1.807) is 0 Å². The van der Waals surface area contributed by atoms with Gasteiger partial charge in [-0.05, 0) is 12.1 Å². The highest BCUT2D eigenvalue weighted by Crippen LogP contribution is 2.13. The molecule has 1 aromatic rings. The van der Waals surface area contributed by atoms with Crippen molar-refractivity contribution in [3.05, 3.63) is 23.9 Å². The standard InChI is InChI=1S/C8H7NO5/c10-4-6(11)14-7-5(8(12)13)2-1-3-9-7/h1-3,10H,4H2,(H,12,13). The monoisotopic (exact) mass is 197 g/mol. The molecule has 0 saturated heterocycles. The second kappa shape index (κ2) is 4.33. The first-order valence-electron chi connectivity index (χ1n) is 3.65. The number of carbonyl (C=O) groups excluding carboxylic acids is 1. The Morgan fingerprint density at radius 1 is 1.50 bits per heavy atom. The molecule has 1 heterocycles. The van der Waals surface area contributed by atoms with Crippen LogP contribution in [-0.2, 0) is 4.79 Å². The van der Waals surface area contributed by atoms with Crippen LogP contribution in [0.2, 0.25) is 0 Å². The number of esters is 1. The largest absolute Gasteiger partial charge is 0.477 e. The molecule has 0 aromatic carbocycles. The number of aromatic nitrogens is 1. The minimum atomic E-state index is -1.25. The summed E-state index contributed by atoms with van der Waals surface area (Å²) in [5, 5.41) is 17.0. The summed E-state index contributed by atoms with van der Waals surface area (Å²) in [6.45, 7) is -0.824. The molecule has 6 heteroatoms. The van der Waals surface area contributed by atoms with Gasteiger partial charge >= 0.3 is 11.9 Å². The van der Waals surface area contributed by atoms with E-state index in [-0.39, 0.29) is 11.4 Å². The molecule has 0 spiro atoms. The molecule has 2 N–H and O–H groups in total. The predicted molar refractivity (Wildman–Crippen MR) is 43.9 cm³/mol. The van der Waals surface area contributed by atoms with Crippen LogP contribution in [0.15, 0.2) is 18.3 Å². The van der Waals surface area contributed by atoms with E-state index in [4.69, 9.17) is 10.2 Å². The number of pyridine rings is 1. The first-order chi connectivity index (χ1) is 6.65. The number of hydrogen-bond acceptors (Lipinski definition) is 5. The zero-order valence-corrected chi connectivity index (χ0v) is 7.01. The molecular weight excluding hydrogens is 190 g/mol. The van der Waals surface area contributed by atoms with E-state index in [2.05, 4.69) is 9.72 Å². The van der Waals surface area contributed by atoms with Gasteiger partial charge in [0.25, 0.3) is 0 Å². The lowest BCUT2D eigenvalue weighted by molar-refractivity contribution is -0.137. The summed E-state index contributed by atoms with van der Waals surface area (Å²) in [7, 11) is 0. The number of aliphatic hydroxyl groups excluding tert-OH is 1. The van der Waals surface area contributed by atoms with Gasteiger partial charge in [-0.3, -0.25) is 0 Å². The predicted octanol–water partition coefficient (Wildman–Crippen LogP) is -0.322. The lowest BCUT2D eigenvalue weighted by Crippen LogP contribution is -2.15. The van der Waals surface area contributed by atoms with Gasteiger partial charge in [-0.15, -0.1) is 0 Å².